The van der Waals surface area contributed by atoms with Crippen molar-refractivity contribution in [3.8, 4) is 0 Å². The molecule has 104 valence electrons. The first-order valence-electron chi connectivity index (χ1n) is 5.87. The van der Waals surface area contributed by atoms with Gasteiger partial charge in [-0.05, 0) is 24.1 Å². The highest BCUT2D eigenvalue weighted by atomic mass is 19.1. The van der Waals surface area contributed by atoms with Crippen LogP contribution >= 0.6 is 0 Å². The Kier molecular flexibility index (Phi) is 4.09. The molecule has 0 atom stereocenters. The summed E-state index contributed by atoms with van der Waals surface area (Å²) in [6, 6.07) is 6.08. The molecule has 1 heterocycles. The number of benzene rings is 1. The number of nitrogens with zero attached hydrogens (tertiary/aromatic N) is 1. The Labute approximate surface area is 113 Å². The van der Waals surface area contributed by atoms with Gasteiger partial charge in [0.2, 0.25) is 5.95 Å². The van der Waals surface area contributed by atoms with Gasteiger partial charge in [0.15, 0.2) is 0 Å². The number of anilines is 1. The summed E-state index contributed by atoms with van der Waals surface area (Å²) < 4.78 is 12.7. The maximum absolute atomic E-state index is 12.7. The number of aromatic nitrogens is 2. The number of carbonyl (C=O) groups is 1. The van der Waals surface area contributed by atoms with E-state index < -0.39 is 17.1 Å². The second-order valence-corrected chi connectivity index (χ2v) is 4.08. The van der Waals surface area contributed by atoms with E-state index in [1.54, 1.807) is 12.1 Å². The smallest absolute Gasteiger partial charge is 0.342 e. The predicted molar refractivity (Wildman–Crippen MR) is 70.4 cm³/mol. The van der Waals surface area contributed by atoms with Crippen LogP contribution in [0.25, 0.3) is 0 Å². The minimum atomic E-state index is -1.32. The van der Waals surface area contributed by atoms with Crippen molar-refractivity contribution in [2.75, 3.05) is 11.9 Å². The van der Waals surface area contributed by atoms with Gasteiger partial charge < -0.3 is 10.4 Å². The lowest BCUT2D eigenvalue weighted by molar-refractivity contribution is 0.0694. The van der Waals surface area contributed by atoms with Crippen LogP contribution in [0.5, 0.6) is 0 Å². The Bertz CT molecular complexity index is 667. The first kappa shape index (κ1) is 13.7. The van der Waals surface area contributed by atoms with E-state index in [-0.39, 0.29) is 11.8 Å². The zero-order valence-corrected chi connectivity index (χ0v) is 10.4. The fourth-order valence-electron chi connectivity index (χ4n) is 1.61. The number of carboxylic acids is 1. The first-order valence-corrected chi connectivity index (χ1v) is 5.87. The second kappa shape index (κ2) is 5.96. The summed E-state index contributed by atoms with van der Waals surface area (Å²) in [7, 11) is 0. The van der Waals surface area contributed by atoms with Crippen LogP contribution in [0.2, 0.25) is 0 Å². The first-order chi connectivity index (χ1) is 9.56. The molecule has 0 fully saturated rings. The standard InChI is InChI=1S/C13H12FN3O3/c14-9-3-1-8(2-4-9)5-6-15-13-16-7-10(12(19)20)11(18)17-13/h1-4,7H,5-6H2,(H,19,20)(H2,15,16,17,18). The van der Waals surface area contributed by atoms with Crippen molar-refractivity contribution in [1.82, 2.24) is 9.97 Å². The molecule has 0 radical (unpaired) electrons. The van der Waals surface area contributed by atoms with Crippen molar-refractivity contribution in [3.05, 3.63) is 57.8 Å². The fraction of sp³-hybridized carbons (Fsp3) is 0.154. The van der Waals surface area contributed by atoms with Gasteiger partial charge >= 0.3 is 5.97 Å². The normalized spacial score (nSPS) is 10.2. The van der Waals surface area contributed by atoms with Crippen molar-refractivity contribution in [2.45, 2.75) is 6.42 Å². The zero-order chi connectivity index (χ0) is 14.5. The predicted octanol–water partition coefficient (Wildman–Crippen LogP) is 1.26. The maximum atomic E-state index is 12.7. The van der Waals surface area contributed by atoms with E-state index in [4.69, 9.17) is 5.11 Å². The number of aromatic carboxylic acids is 1. The third-order valence-corrected chi connectivity index (χ3v) is 2.65. The molecule has 1 aromatic carbocycles. The molecule has 0 aliphatic heterocycles. The molecular weight excluding hydrogens is 265 g/mol. The topological polar surface area (TPSA) is 95.1 Å². The van der Waals surface area contributed by atoms with Gasteiger partial charge in [0.1, 0.15) is 11.4 Å². The Morgan fingerprint density at radius 1 is 1.35 bits per heavy atom. The number of carboxylic acid groups (broad SMARTS) is 1. The number of halogens is 1. The van der Waals surface area contributed by atoms with Crippen LogP contribution < -0.4 is 10.9 Å². The van der Waals surface area contributed by atoms with Crippen molar-refractivity contribution < 1.29 is 14.3 Å². The van der Waals surface area contributed by atoms with Crippen LogP contribution in [-0.2, 0) is 6.42 Å². The van der Waals surface area contributed by atoms with Gasteiger partial charge in [0.05, 0.1) is 6.20 Å². The average molecular weight is 277 g/mol. The lowest BCUT2D eigenvalue weighted by Gasteiger charge is -2.05. The molecule has 2 aromatic rings. The number of nitrogens with one attached hydrogen (secondary N) is 2. The maximum Gasteiger partial charge on any atom is 0.342 e. The molecule has 0 aliphatic carbocycles. The van der Waals surface area contributed by atoms with Gasteiger partial charge in [-0.2, -0.15) is 0 Å². The molecule has 0 saturated carbocycles. The van der Waals surface area contributed by atoms with E-state index in [2.05, 4.69) is 15.3 Å². The highest BCUT2D eigenvalue weighted by Crippen LogP contribution is 2.04. The van der Waals surface area contributed by atoms with Gasteiger partial charge in [0.25, 0.3) is 5.56 Å². The number of H-pyrrole nitrogens is 1. The molecule has 2 rings (SSSR count). The van der Waals surface area contributed by atoms with Crippen molar-refractivity contribution >= 4 is 11.9 Å². The van der Waals surface area contributed by atoms with Gasteiger partial charge in [0, 0.05) is 6.54 Å². The van der Waals surface area contributed by atoms with E-state index >= 15 is 0 Å². The molecule has 3 N–H and O–H groups in total. The molecule has 0 amide bonds. The highest BCUT2D eigenvalue weighted by molar-refractivity contribution is 5.86. The van der Waals surface area contributed by atoms with E-state index in [0.717, 1.165) is 11.8 Å². The molecular formula is C13H12FN3O3. The monoisotopic (exact) mass is 277 g/mol. The second-order valence-electron chi connectivity index (χ2n) is 4.08. The Morgan fingerprint density at radius 3 is 2.65 bits per heavy atom. The highest BCUT2D eigenvalue weighted by Gasteiger charge is 2.09. The number of hydrogen-bond acceptors (Lipinski definition) is 4. The average Bonchev–Trinajstić information content (AvgIpc) is 2.41. The van der Waals surface area contributed by atoms with Crippen LogP contribution in [-0.4, -0.2) is 27.6 Å². The van der Waals surface area contributed by atoms with Crippen LogP contribution in [0.3, 0.4) is 0 Å². The number of rotatable bonds is 5. The molecule has 7 heteroatoms. The molecule has 1 aromatic heterocycles. The lowest BCUT2D eigenvalue weighted by atomic mass is 10.1. The quantitative estimate of drug-likeness (QED) is 0.764. The Balaban J connectivity index is 1.94. The molecule has 0 saturated heterocycles. The third-order valence-electron chi connectivity index (χ3n) is 2.65. The fourth-order valence-corrected chi connectivity index (χ4v) is 1.61. The summed E-state index contributed by atoms with van der Waals surface area (Å²) in [6.45, 7) is 0.473. The van der Waals surface area contributed by atoms with Crippen LogP contribution in [0.4, 0.5) is 10.3 Å². The number of aromatic amines is 1. The van der Waals surface area contributed by atoms with E-state index in [9.17, 15) is 14.0 Å². The van der Waals surface area contributed by atoms with Crippen LogP contribution in [0.15, 0.2) is 35.3 Å². The van der Waals surface area contributed by atoms with Crippen LogP contribution in [0.1, 0.15) is 15.9 Å². The largest absolute Gasteiger partial charge is 0.477 e. The minimum Gasteiger partial charge on any atom is -0.477 e. The van der Waals surface area contributed by atoms with Gasteiger partial charge in [-0.1, -0.05) is 12.1 Å². The third kappa shape index (κ3) is 3.41. The molecule has 0 bridgehead atoms. The van der Waals surface area contributed by atoms with E-state index in [1.165, 1.54) is 12.1 Å². The van der Waals surface area contributed by atoms with Gasteiger partial charge in [-0.3, -0.25) is 9.78 Å². The van der Waals surface area contributed by atoms with Gasteiger partial charge in [-0.15, -0.1) is 0 Å². The Morgan fingerprint density at radius 2 is 2.05 bits per heavy atom. The van der Waals surface area contributed by atoms with Gasteiger partial charge in [-0.25, -0.2) is 14.2 Å². The van der Waals surface area contributed by atoms with E-state index in [1.807, 2.05) is 0 Å². The van der Waals surface area contributed by atoms with Crippen molar-refractivity contribution in [3.63, 3.8) is 0 Å². The lowest BCUT2D eigenvalue weighted by Crippen LogP contribution is -2.20. The van der Waals surface area contributed by atoms with Crippen LogP contribution in [0, 0.1) is 5.82 Å². The molecule has 20 heavy (non-hydrogen) atoms. The summed E-state index contributed by atoms with van der Waals surface area (Å²) >= 11 is 0. The summed E-state index contributed by atoms with van der Waals surface area (Å²) in [5.41, 5.74) is -0.186. The molecule has 6 nitrogen and oxygen atoms in total. The van der Waals surface area contributed by atoms with Crippen molar-refractivity contribution in [2.24, 2.45) is 0 Å². The molecule has 0 spiro atoms. The summed E-state index contributed by atoms with van der Waals surface area (Å²) in [6.07, 6.45) is 1.62. The number of hydrogen-bond donors (Lipinski definition) is 3. The van der Waals surface area contributed by atoms with E-state index in [0.29, 0.717) is 13.0 Å². The molecule has 0 unspecified atom stereocenters. The summed E-state index contributed by atoms with van der Waals surface area (Å²) in [5.74, 6) is -1.42. The Hall–Kier alpha value is -2.70. The SMILES string of the molecule is O=C(O)c1cnc(NCCc2ccc(F)cc2)[nH]c1=O. The zero-order valence-electron chi connectivity index (χ0n) is 10.4. The summed E-state index contributed by atoms with van der Waals surface area (Å²) in [4.78, 5) is 28.2. The summed E-state index contributed by atoms with van der Waals surface area (Å²) in [5, 5.41) is 11.6. The molecule has 0 aliphatic rings. The van der Waals surface area contributed by atoms with Crippen molar-refractivity contribution in [1.29, 1.82) is 0 Å². The minimum absolute atomic E-state index is 0.196.